The van der Waals surface area contributed by atoms with Gasteiger partial charge in [-0.3, -0.25) is 0 Å². The molecule has 2 nitrogen and oxygen atoms in total. The second kappa shape index (κ2) is 6.27. The third kappa shape index (κ3) is 2.96. The van der Waals surface area contributed by atoms with Crippen LogP contribution < -0.4 is 5.32 Å². The minimum Gasteiger partial charge on any atom is -0.466 e. The Hall–Kier alpha value is -1.54. The molecule has 1 atom stereocenters. The Kier molecular flexibility index (Phi) is 4.66. The number of hydrogen-bond donors (Lipinski definition) is 1. The van der Waals surface area contributed by atoms with Gasteiger partial charge in [0.05, 0.1) is 6.04 Å². The Morgan fingerprint density at radius 2 is 1.65 bits per heavy atom. The molecule has 1 unspecified atom stereocenters. The second-order valence-electron chi connectivity index (χ2n) is 5.55. The van der Waals surface area contributed by atoms with E-state index in [0.29, 0.717) is 0 Å². The first kappa shape index (κ1) is 14.9. The predicted molar refractivity (Wildman–Crippen MR) is 84.2 cm³/mol. The summed E-state index contributed by atoms with van der Waals surface area (Å²) in [5, 5.41) is 3.66. The highest BCUT2D eigenvalue weighted by atomic mass is 16.3. The lowest BCUT2D eigenvalue weighted by Gasteiger charge is -2.20. The zero-order valence-corrected chi connectivity index (χ0v) is 13.2. The monoisotopic (exact) mass is 271 g/mol. The molecule has 0 amide bonds. The summed E-state index contributed by atoms with van der Waals surface area (Å²) in [6.45, 7) is 11.6. The first-order chi connectivity index (χ1) is 9.54. The molecule has 2 heteroatoms. The highest BCUT2D eigenvalue weighted by Crippen LogP contribution is 2.31. The standard InChI is InChI=1S/C18H25NO/c1-6-11-19-18(16-9-7-12(2)8-10-16)17-13(3)14(4)20-15(17)5/h7-10,18-19H,6,11H2,1-5H3. The van der Waals surface area contributed by atoms with Gasteiger partial charge in [0.2, 0.25) is 0 Å². The second-order valence-corrected chi connectivity index (χ2v) is 5.55. The molecule has 20 heavy (non-hydrogen) atoms. The van der Waals surface area contributed by atoms with E-state index in [0.717, 1.165) is 24.5 Å². The maximum absolute atomic E-state index is 5.81. The van der Waals surface area contributed by atoms with E-state index in [1.807, 2.05) is 6.92 Å². The third-order valence-corrected chi connectivity index (χ3v) is 3.92. The number of rotatable bonds is 5. The quantitative estimate of drug-likeness (QED) is 0.859. The van der Waals surface area contributed by atoms with E-state index < -0.39 is 0 Å². The lowest BCUT2D eigenvalue weighted by Crippen LogP contribution is -2.24. The first-order valence-electron chi connectivity index (χ1n) is 7.41. The molecular weight excluding hydrogens is 246 g/mol. The van der Waals surface area contributed by atoms with Crippen LogP contribution in [-0.2, 0) is 0 Å². The van der Waals surface area contributed by atoms with E-state index in [1.165, 1.54) is 22.3 Å². The Labute approximate surface area is 122 Å². The van der Waals surface area contributed by atoms with Crippen LogP contribution in [0.4, 0.5) is 0 Å². The molecule has 2 aromatic rings. The fourth-order valence-corrected chi connectivity index (χ4v) is 2.67. The van der Waals surface area contributed by atoms with E-state index in [-0.39, 0.29) is 6.04 Å². The minimum atomic E-state index is 0.216. The topological polar surface area (TPSA) is 25.2 Å². The van der Waals surface area contributed by atoms with Crippen LogP contribution in [0.15, 0.2) is 28.7 Å². The van der Waals surface area contributed by atoms with Gasteiger partial charge in [-0.15, -0.1) is 0 Å². The molecule has 0 bridgehead atoms. The molecule has 0 saturated heterocycles. The summed E-state index contributed by atoms with van der Waals surface area (Å²) in [6.07, 6.45) is 1.12. The summed E-state index contributed by atoms with van der Waals surface area (Å²) < 4.78 is 5.81. The van der Waals surface area contributed by atoms with Gasteiger partial charge in [-0.1, -0.05) is 36.8 Å². The highest BCUT2D eigenvalue weighted by molar-refractivity contribution is 5.41. The van der Waals surface area contributed by atoms with Gasteiger partial charge < -0.3 is 9.73 Å². The summed E-state index contributed by atoms with van der Waals surface area (Å²) in [6, 6.07) is 8.99. The summed E-state index contributed by atoms with van der Waals surface area (Å²) in [7, 11) is 0. The lowest BCUT2D eigenvalue weighted by molar-refractivity contribution is 0.493. The summed E-state index contributed by atoms with van der Waals surface area (Å²) in [5.74, 6) is 2.04. The number of nitrogens with one attached hydrogen (secondary N) is 1. The Morgan fingerprint density at radius 1 is 1.00 bits per heavy atom. The molecule has 1 heterocycles. The van der Waals surface area contributed by atoms with Gasteiger partial charge in [0, 0.05) is 5.56 Å². The van der Waals surface area contributed by atoms with Gasteiger partial charge in [0.25, 0.3) is 0 Å². The van der Waals surface area contributed by atoms with Crippen molar-refractivity contribution in [3.63, 3.8) is 0 Å². The van der Waals surface area contributed by atoms with E-state index >= 15 is 0 Å². The summed E-state index contributed by atoms with van der Waals surface area (Å²) in [4.78, 5) is 0. The van der Waals surface area contributed by atoms with Gasteiger partial charge in [0.15, 0.2) is 0 Å². The molecule has 1 N–H and O–H groups in total. The zero-order valence-electron chi connectivity index (χ0n) is 13.2. The molecule has 0 aliphatic rings. The number of hydrogen-bond acceptors (Lipinski definition) is 2. The summed E-state index contributed by atoms with van der Waals surface area (Å²) >= 11 is 0. The van der Waals surface area contributed by atoms with Crippen LogP contribution in [-0.4, -0.2) is 6.54 Å². The minimum absolute atomic E-state index is 0.216. The fourth-order valence-electron chi connectivity index (χ4n) is 2.67. The van der Waals surface area contributed by atoms with Crippen LogP contribution in [0.3, 0.4) is 0 Å². The molecule has 108 valence electrons. The van der Waals surface area contributed by atoms with Gasteiger partial charge >= 0.3 is 0 Å². The zero-order chi connectivity index (χ0) is 14.7. The molecule has 1 aromatic heterocycles. The van der Waals surface area contributed by atoms with Crippen molar-refractivity contribution in [1.82, 2.24) is 5.32 Å². The molecule has 2 rings (SSSR count). The van der Waals surface area contributed by atoms with Gasteiger partial charge in [-0.25, -0.2) is 0 Å². The molecule has 0 fully saturated rings. The molecular formula is C18H25NO. The molecule has 0 aliphatic carbocycles. The van der Waals surface area contributed by atoms with Crippen LogP contribution in [0.2, 0.25) is 0 Å². The van der Waals surface area contributed by atoms with Crippen LogP contribution in [0.25, 0.3) is 0 Å². The fraction of sp³-hybridized carbons (Fsp3) is 0.444. The lowest BCUT2D eigenvalue weighted by atomic mass is 9.94. The smallest absolute Gasteiger partial charge is 0.106 e. The van der Waals surface area contributed by atoms with Crippen molar-refractivity contribution >= 4 is 0 Å². The third-order valence-electron chi connectivity index (χ3n) is 3.92. The summed E-state index contributed by atoms with van der Waals surface area (Å²) in [5.41, 5.74) is 5.15. The van der Waals surface area contributed by atoms with E-state index in [4.69, 9.17) is 4.42 Å². The van der Waals surface area contributed by atoms with Crippen LogP contribution in [0.5, 0.6) is 0 Å². The average Bonchev–Trinajstić information content (AvgIpc) is 2.67. The van der Waals surface area contributed by atoms with Gasteiger partial charge in [-0.2, -0.15) is 0 Å². The predicted octanol–water partition coefficient (Wildman–Crippen LogP) is 4.60. The Bertz CT molecular complexity index is 566. The number of benzene rings is 1. The molecule has 0 radical (unpaired) electrons. The number of furan rings is 1. The van der Waals surface area contributed by atoms with E-state index in [9.17, 15) is 0 Å². The SMILES string of the molecule is CCCNC(c1ccc(C)cc1)c1c(C)oc(C)c1C. The Balaban J connectivity index is 2.44. The van der Waals surface area contributed by atoms with Crippen molar-refractivity contribution in [2.24, 2.45) is 0 Å². The van der Waals surface area contributed by atoms with E-state index in [1.54, 1.807) is 0 Å². The van der Waals surface area contributed by atoms with Crippen molar-refractivity contribution in [2.75, 3.05) is 6.54 Å². The molecule has 0 spiro atoms. The first-order valence-corrected chi connectivity index (χ1v) is 7.41. The molecule has 1 aromatic carbocycles. The highest BCUT2D eigenvalue weighted by Gasteiger charge is 2.22. The van der Waals surface area contributed by atoms with Crippen molar-refractivity contribution < 1.29 is 4.42 Å². The normalized spacial score (nSPS) is 12.7. The van der Waals surface area contributed by atoms with Crippen LogP contribution in [0.1, 0.15) is 53.2 Å². The van der Waals surface area contributed by atoms with Crippen molar-refractivity contribution in [1.29, 1.82) is 0 Å². The van der Waals surface area contributed by atoms with Crippen molar-refractivity contribution in [3.05, 3.63) is 58.0 Å². The van der Waals surface area contributed by atoms with Gasteiger partial charge in [-0.05, 0) is 51.8 Å². The molecule has 0 aliphatic heterocycles. The van der Waals surface area contributed by atoms with Crippen LogP contribution in [0, 0.1) is 27.7 Å². The van der Waals surface area contributed by atoms with Crippen LogP contribution >= 0.6 is 0 Å². The molecule has 0 saturated carbocycles. The Morgan fingerprint density at radius 3 is 2.15 bits per heavy atom. The number of aryl methyl sites for hydroxylation is 3. The van der Waals surface area contributed by atoms with Gasteiger partial charge in [0.1, 0.15) is 11.5 Å². The average molecular weight is 271 g/mol. The largest absolute Gasteiger partial charge is 0.466 e. The maximum atomic E-state index is 5.81. The maximum Gasteiger partial charge on any atom is 0.106 e. The van der Waals surface area contributed by atoms with E-state index in [2.05, 4.69) is 57.3 Å². The van der Waals surface area contributed by atoms with Crippen molar-refractivity contribution in [2.45, 2.75) is 47.1 Å². The van der Waals surface area contributed by atoms with Crippen molar-refractivity contribution in [3.8, 4) is 0 Å².